The molecule has 1 heterocycles. The topological polar surface area (TPSA) is 37.4 Å². The van der Waals surface area contributed by atoms with Crippen LogP contribution in [0.4, 0.5) is 5.13 Å². The highest BCUT2D eigenvalue weighted by molar-refractivity contribution is 7.15. The third-order valence-electron chi connectivity index (χ3n) is 3.43. The fourth-order valence-electron chi connectivity index (χ4n) is 2.07. The Morgan fingerprint density at radius 3 is 2.79 bits per heavy atom. The average Bonchev–Trinajstić information content (AvgIpc) is 3.14. The van der Waals surface area contributed by atoms with Gasteiger partial charge in [-0.05, 0) is 18.8 Å². The largest absolute Gasteiger partial charge is 0.383 e. The van der Waals surface area contributed by atoms with Gasteiger partial charge < -0.3 is 15.0 Å². The number of methoxy groups -OCH3 is 1. The summed E-state index contributed by atoms with van der Waals surface area (Å²) in [6, 6.07) is 0.723. The molecule has 108 valence electrons. The van der Waals surface area contributed by atoms with Crippen molar-refractivity contribution in [3.8, 4) is 0 Å². The molecule has 0 atom stereocenters. The Hall–Kier alpha value is -0.650. The Bertz CT molecular complexity index is 401. The molecule has 1 fully saturated rings. The Morgan fingerprint density at radius 1 is 1.47 bits per heavy atom. The second-order valence-corrected chi connectivity index (χ2v) is 6.53. The van der Waals surface area contributed by atoms with E-state index in [1.54, 1.807) is 7.11 Å². The van der Waals surface area contributed by atoms with E-state index < -0.39 is 0 Å². The maximum Gasteiger partial charge on any atom is 0.185 e. The summed E-state index contributed by atoms with van der Waals surface area (Å²) in [7, 11) is 3.90. The number of hydrogen-bond donors (Lipinski definition) is 1. The molecule has 1 aliphatic carbocycles. The van der Waals surface area contributed by atoms with Gasteiger partial charge in [0, 0.05) is 38.2 Å². The van der Waals surface area contributed by atoms with Crippen LogP contribution in [0.25, 0.3) is 0 Å². The van der Waals surface area contributed by atoms with Gasteiger partial charge in [0.05, 0.1) is 12.3 Å². The molecule has 0 saturated heterocycles. The van der Waals surface area contributed by atoms with E-state index in [1.807, 2.05) is 11.3 Å². The van der Waals surface area contributed by atoms with Crippen LogP contribution in [0.15, 0.2) is 0 Å². The van der Waals surface area contributed by atoms with Gasteiger partial charge in [-0.25, -0.2) is 4.98 Å². The van der Waals surface area contributed by atoms with Gasteiger partial charge in [0.25, 0.3) is 0 Å². The summed E-state index contributed by atoms with van der Waals surface area (Å²) in [6.45, 7) is 6.97. The van der Waals surface area contributed by atoms with Crippen LogP contribution in [-0.2, 0) is 11.3 Å². The minimum atomic E-state index is 0.483. The normalized spacial score (nSPS) is 15.2. The minimum Gasteiger partial charge on any atom is -0.383 e. The van der Waals surface area contributed by atoms with Gasteiger partial charge in [0.15, 0.2) is 5.13 Å². The number of rotatable bonds is 8. The van der Waals surface area contributed by atoms with Crippen molar-refractivity contribution in [3.05, 3.63) is 10.6 Å². The van der Waals surface area contributed by atoms with Gasteiger partial charge in [0.2, 0.25) is 0 Å². The van der Waals surface area contributed by atoms with Crippen LogP contribution in [0.3, 0.4) is 0 Å². The lowest BCUT2D eigenvalue weighted by molar-refractivity contribution is 0.199. The second-order valence-electron chi connectivity index (χ2n) is 5.47. The number of nitrogens with zero attached hydrogens (tertiary/aromatic N) is 2. The molecule has 0 aromatic carbocycles. The highest BCUT2D eigenvalue weighted by atomic mass is 32.1. The zero-order chi connectivity index (χ0) is 13.8. The van der Waals surface area contributed by atoms with Gasteiger partial charge >= 0.3 is 0 Å². The van der Waals surface area contributed by atoms with Gasteiger partial charge in [-0.15, -0.1) is 11.3 Å². The van der Waals surface area contributed by atoms with E-state index >= 15 is 0 Å². The third kappa shape index (κ3) is 3.91. The molecule has 1 saturated carbocycles. The molecule has 2 rings (SSSR count). The van der Waals surface area contributed by atoms with Crippen molar-refractivity contribution in [1.29, 1.82) is 0 Å². The van der Waals surface area contributed by atoms with E-state index in [4.69, 9.17) is 9.72 Å². The van der Waals surface area contributed by atoms with Crippen LogP contribution < -0.4 is 10.2 Å². The fourth-order valence-corrected chi connectivity index (χ4v) is 3.29. The lowest BCUT2D eigenvalue weighted by Crippen LogP contribution is -2.19. The minimum absolute atomic E-state index is 0.483. The summed E-state index contributed by atoms with van der Waals surface area (Å²) in [4.78, 5) is 8.55. The predicted octanol–water partition coefficient (Wildman–Crippen LogP) is 2.60. The highest BCUT2D eigenvalue weighted by Gasteiger charge is 2.29. The number of thiazole rings is 1. The molecule has 1 aliphatic rings. The molecule has 1 N–H and O–H groups in total. The molecule has 1 aromatic rings. The summed E-state index contributed by atoms with van der Waals surface area (Å²) in [5, 5.41) is 4.60. The van der Waals surface area contributed by atoms with Crippen molar-refractivity contribution in [2.75, 3.05) is 32.2 Å². The summed E-state index contributed by atoms with van der Waals surface area (Å²) in [6.07, 6.45) is 2.63. The zero-order valence-electron chi connectivity index (χ0n) is 12.4. The van der Waals surface area contributed by atoms with Gasteiger partial charge in [-0.3, -0.25) is 0 Å². The molecule has 5 heteroatoms. The number of aromatic nitrogens is 1. The maximum absolute atomic E-state index is 5.06. The molecule has 0 spiro atoms. The van der Waals surface area contributed by atoms with E-state index in [0.717, 1.165) is 25.7 Å². The Balaban J connectivity index is 2.02. The Morgan fingerprint density at radius 2 is 2.21 bits per heavy atom. The molecule has 0 unspecified atom stereocenters. The van der Waals surface area contributed by atoms with Crippen LogP contribution >= 0.6 is 11.3 Å². The number of anilines is 1. The summed E-state index contributed by atoms with van der Waals surface area (Å²) in [5.41, 5.74) is 1.25. The maximum atomic E-state index is 5.06. The molecule has 19 heavy (non-hydrogen) atoms. The average molecular weight is 283 g/mol. The molecule has 1 aromatic heterocycles. The highest BCUT2D eigenvalue weighted by Crippen LogP contribution is 2.35. The van der Waals surface area contributed by atoms with Crippen molar-refractivity contribution >= 4 is 16.5 Å². The lowest BCUT2D eigenvalue weighted by Gasteiger charge is -2.13. The molecule has 0 aliphatic heterocycles. The van der Waals surface area contributed by atoms with Gasteiger partial charge in [-0.2, -0.15) is 0 Å². The third-order valence-corrected chi connectivity index (χ3v) is 4.59. The van der Waals surface area contributed by atoms with Crippen LogP contribution in [0.2, 0.25) is 0 Å². The number of ether oxygens (including phenoxy) is 1. The molecule has 0 radical (unpaired) electrons. The second kappa shape index (κ2) is 6.68. The summed E-state index contributed by atoms with van der Waals surface area (Å²) >= 11 is 1.83. The Labute approximate surface area is 120 Å². The van der Waals surface area contributed by atoms with Crippen LogP contribution in [0.1, 0.15) is 43.2 Å². The van der Waals surface area contributed by atoms with Crippen molar-refractivity contribution in [2.45, 2.75) is 45.2 Å². The number of hydrogen-bond acceptors (Lipinski definition) is 5. The van der Waals surface area contributed by atoms with E-state index in [9.17, 15) is 0 Å². The van der Waals surface area contributed by atoms with Gasteiger partial charge in [-0.1, -0.05) is 13.8 Å². The van der Waals surface area contributed by atoms with Crippen LogP contribution in [-0.4, -0.2) is 38.3 Å². The van der Waals surface area contributed by atoms with E-state index in [2.05, 4.69) is 31.1 Å². The summed E-state index contributed by atoms with van der Waals surface area (Å²) in [5.74, 6) is 0.483. The first-order valence-electron chi connectivity index (χ1n) is 7.05. The molecule has 0 bridgehead atoms. The van der Waals surface area contributed by atoms with Crippen molar-refractivity contribution in [2.24, 2.45) is 0 Å². The fraction of sp³-hybridized carbons (Fsp3) is 0.786. The molecule has 4 nitrogen and oxygen atoms in total. The van der Waals surface area contributed by atoms with E-state index in [-0.39, 0.29) is 0 Å². The summed E-state index contributed by atoms with van der Waals surface area (Å²) < 4.78 is 5.06. The van der Waals surface area contributed by atoms with Crippen molar-refractivity contribution < 1.29 is 4.74 Å². The van der Waals surface area contributed by atoms with Crippen molar-refractivity contribution in [3.63, 3.8) is 0 Å². The van der Waals surface area contributed by atoms with Crippen LogP contribution in [0.5, 0.6) is 0 Å². The molecule has 0 amide bonds. The molecular weight excluding hydrogens is 258 g/mol. The van der Waals surface area contributed by atoms with E-state index in [1.165, 1.54) is 28.5 Å². The first-order chi connectivity index (χ1) is 9.13. The van der Waals surface area contributed by atoms with E-state index in [0.29, 0.717) is 5.92 Å². The lowest BCUT2D eigenvalue weighted by atomic mass is 10.1. The van der Waals surface area contributed by atoms with Gasteiger partial charge in [0.1, 0.15) is 0 Å². The standard InChI is InChI=1S/C14H25N3OS/c1-10(2)13-12(9-15-7-8-18-4)19-14(16-13)17(3)11-5-6-11/h10-11,15H,5-9H2,1-4H3. The monoisotopic (exact) mass is 283 g/mol. The Kier molecular flexibility index (Phi) is 5.19. The molecular formula is C14H25N3OS. The first kappa shape index (κ1) is 14.8. The van der Waals surface area contributed by atoms with Crippen molar-refractivity contribution in [1.82, 2.24) is 10.3 Å². The van der Waals surface area contributed by atoms with Crippen LogP contribution in [0, 0.1) is 0 Å². The predicted molar refractivity (Wildman–Crippen MR) is 81.2 cm³/mol. The SMILES string of the molecule is COCCNCc1sc(N(C)C2CC2)nc1C(C)C. The quantitative estimate of drug-likeness (QED) is 0.744. The number of nitrogens with one attached hydrogen (secondary N) is 1. The first-order valence-corrected chi connectivity index (χ1v) is 7.87. The smallest absolute Gasteiger partial charge is 0.185 e. The zero-order valence-corrected chi connectivity index (χ0v) is 13.2.